The molecule has 2 amide bonds. The Hall–Kier alpha value is -3.39. The Bertz CT molecular complexity index is 1210. The Morgan fingerprint density at radius 1 is 0.935 bits per heavy atom. The van der Waals surface area contributed by atoms with Crippen molar-refractivity contribution in [1.29, 1.82) is 0 Å². The van der Waals surface area contributed by atoms with E-state index in [0.29, 0.717) is 10.6 Å². The molecule has 1 N–H and O–H groups in total. The first-order chi connectivity index (χ1) is 14.7. The molecule has 2 aromatic carbocycles. The maximum atomic E-state index is 13.3. The van der Waals surface area contributed by atoms with E-state index in [1.165, 1.54) is 23.5 Å². The molecule has 0 spiro atoms. The molecular weight excluding hydrogens is 425 g/mol. The second-order valence-electron chi connectivity index (χ2n) is 7.17. The van der Waals surface area contributed by atoms with Crippen LogP contribution in [0.2, 0.25) is 0 Å². The van der Waals surface area contributed by atoms with Crippen LogP contribution in [0.4, 0.5) is 24.5 Å². The lowest BCUT2D eigenvalue weighted by Gasteiger charge is -2.18. The van der Waals surface area contributed by atoms with Gasteiger partial charge in [-0.1, -0.05) is 24.3 Å². The van der Waals surface area contributed by atoms with Crippen LogP contribution >= 0.6 is 11.3 Å². The van der Waals surface area contributed by atoms with Gasteiger partial charge in [0.2, 0.25) is 0 Å². The van der Waals surface area contributed by atoms with Gasteiger partial charge in [-0.15, -0.1) is 11.3 Å². The predicted molar refractivity (Wildman–Crippen MR) is 115 cm³/mol. The van der Waals surface area contributed by atoms with Crippen LogP contribution in [0.15, 0.2) is 65.7 Å². The molecule has 0 fully saturated rings. The lowest BCUT2D eigenvalue weighted by atomic mass is 10.1. The molecule has 1 aromatic heterocycles. The van der Waals surface area contributed by atoms with E-state index in [4.69, 9.17) is 0 Å². The fourth-order valence-electron chi connectivity index (χ4n) is 3.39. The molecule has 0 bridgehead atoms. The summed E-state index contributed by atoms with van der Waals surface area (Å²) >= 11 is 1.27. The summed E-state index contributed by atoms with van der Waals surface area (Å²) in [4.78, 5) is 28.3. The van der Waals surface area contributed by atoms with Gasteiger partial charge in [-0.3, -0.25) is 9.59 Å². The first kappa shape index (κ1) is 20.9. The average molecular weight is 442 g/mol. The maximum Gasteiger partial charge on any atom is 0.416 e. The summed E-state index contributed by atoms with van der Waals surface area (Å²) in [6.45, 7) is 3.64. The van der Waals surface area contributed by atoms with Gasteiger partial charge < -0.3 is 5.32 Å². The minimum atomic E-state index is -4.52. The van der Waals surface area contributed by atoms with Crippen LogP contribution in [-0.2, 0) is 15.8 Å². The van der Waals surface area contributed by atoms with Crippen molar-refractivity contribution in [3.63, 3.8) is 0 Å². The third-order valence-corrected chi connectivity index (χ3v) is 5.80. The number of thiophene rings is 1. The summed E-state index contributed by atoms with van der Waals surface area (Å²) in [5.41, 5.74) is 1.37. The zero-order valence-electron chi connectivity index (χ0n) is 16.6. The van der Waals surface area contributed by atoms with E-state index in [1.807, 2.05) is 19.1 Å². The van der Waals surface area contributed by atoms with Crippen molar-refractivity contribution in [1.82, 2.24) is 0 Å². The fourth-order valence-corrected chi connectivity index (χ4v) is 4.16. The summed E-state index contributed by atoms with van der Waals surface area (Å²) in [5.74, 6) is -1.13. The Labute approximate surface area is 180 Å². The number of carbonyl (C=O) groups excluding carboxylic acids is 2. The normalized spacial score (nSPS) is 14.5. The number of hydrogen-bond donors (Lipinski definition) is 1. The minimum absolute atomic E-state index is 0.0484. The SMILES string of the molecule is Cc1ccc(C)c(N2C(=O)C(Nc3cccc(C(F)(F)F)c3)=C(c3cccs3)C2=O)c1. The van der Waals surface area contributed by atoms with E-state index in [2.05, 4.69) is 5.32 Å². The van der Waals surface area contributed by atoms with Gasteiger partial charge in [-0.2, -0.15) is 13.2 Å². The zero-order chi connectivity index (χ0) is 22.3. The number of carbonyl (C=O) groups is 2. The molecule has 158 valence electrons. The van der Waals surface area contributed by atoms with Crippen LogP contribution < -0.4 is 10.2 Å². The summed E-state index contributed by atoms with van der Waals surface area (Å²) < 4.78 is 39.4. The Balaban J connectivity index is 1.81. The van der Waals surface area contributed by atoms with Gasteiger partial charge in [0.25, 0.3) is 11.8 Å². The van der Waals surface area contributed by atoms with Crippen LogP contribution in [0.5, 0.6) is 0 Å². The van der Waals surface area contributed by atoms with Gasteiger partial charge in [-0.25, -0.2) is 4.90 Å². The highest BCUT2D eigenvalue weighted by Gasteiger charge is 2.41. The van der Waals surface area contributed by atoms with Crippen molar-refractivity contribution in [3.05, 3.63) is 87.2 Å². The van der Waals surface area contributed by atoms with E-state index in [1.54, 1.807) is 30.5 Å². The Morgan fingerprint density at radius 2 is 1.71 bits per heavy atom. The number of aryl methyl sites for hydroxylation is 2. The van der Waals surface area contributed by atoms with Crippen molar-refractivity contribution in [3.8, 4) is 0 Å². The smallest absolute Gasteiger partial charge is 0.350 e. The van der Waals surface area contributed by atoms with Gasteiger partial charge in [0.1, 0.15) is 5.70 Å². The molecule has 0 radical (unpaired) electrons. The second kappa shape index (κ2) is 7.70. The molecule has 8 heteroatoms. The number of benzene rings is 2. The monoisotopic (exact) mass is 442 g/mol. The third-order valence-electron chi connectivity index (χ3n) is 4.92. The van der Waals surface area contributed by atoms with Gasteiger partial charge in [0.15, 0.2) is 0 Å². The number of nitrogens with zero attached hydrogens (tertiary/aromatic N) is 1. The lowest BCUT2D eigenvalue weighted by molar-refractivity contribution is -0.137. The Morgan fingerprint density at radius 3 is 2.39 bits per heavy atom. The average Bonchev–Trinajstić information content (AvgIpc) is 3.31. The molecule has 4 rings (SSSR count). The number of halogens is 3. The number of nitrogens with one attached hydrogen (secondary N) is 1. The standard InChI is InChI=1S/C23H17F3N2O2S/c1-13-8-9-14(2)17(11-13)28-21(29)19(18-7-4-10-31-18)20(22(28)30)27-16-6-3-5-15(12-16)23(24,25)26/h3-12,27H,1-2H3. The number of imide groups is 1. The largest absolute Gasteiger partial charge is 0.416 e. The second-order valence-corrected chi connectivity index (χ2v) is 8.11. The molecule has 0 unspecified atom stereocenters. The molecule has 31 heavy (non-hydrogen) atoms. The van der Waals surface area contributed by atoms with Crippen molar-refractivity contribution in [2.45, 2.75) is 20.0 Å². The van der Waals surface area contributed by atoms with E-state index >= 15 is 0 Å². The van der Waals surface area contributed by atoms with Crippen LogP contribution in [0.1, 0.15) is 21.6 Å². The molecule has 0 saturated carbocycles. The summed E-state index contributed by atoms with van der Waals surface area (Å²) in [6.07, 6.45) is -4.52. The summed E-state index contributed by atoms with van der Waals surface area (Å²) in [7, 11) is 0. The van der Waals surface area contributed by atoms with Crippen LogP contribution in [-0.4, -0.2) is 11.8 Å². The number of alkyl halides is 3. The topological polar surface area (TPSA) is 49.4 Å². The van der Waals surface area contributed by atoms with Gasteiger partial charge >= 0.3 is 6.18 Å². The molecule has 4 nitrogen and oxygen atoms in total. The predicted octanol–water partition coefficient (Wildman–Crippen LogP) is 5.78. The molecule has 0 atom stereocenters. The lowest BCUT2D eigenvalue weighted by Crippen LogP contribution is -2.33. The van der Waals surface area contributed by atoms with E-state index in [9.17, 15) is 22.8 Å². The molecule has 1 aliphatic rings. The molecule has 0 aliphatic carbocycles. The van der Waals surface area contributed by atoms with E-state index in [-0.39, 0.29) is 17.0 Å². The molecule has 2 heterocycles. The quantitative estimate of drug-likeness (QED) is 0.521. The van der Waals surface area contributed by atoms with Gasteiger partial charge in [0.05, 0.1) is 16.8 Å². The number of hydrogen-bond acceptors (Lipinski definition) is 4. The van der Waals surface area contributed by atoms with Crippen molar-refractivity contribution >= 4 is 40.1 Å². The van der Waals surface area contributed by atoms with E-state index in [0.717, 1.165) is 28.2 Å². The number of anilines is 2. The van der Waals surface area contributed by atoms with Crippen LogP contribution in [0, 0.1) is 13.8 Å². The van der Waals surface area contributed by atoms with Crippen molar-refractivity contribution in [2.75, 3.05) is 10.2 Å². The van der Waals surface area contributed by atoms with E-state index < -0.39 is 23.6 Å². The van der Waals surface area contributed by atoms with Crippen LogP contribution in [0.25, 0.3) is 5.57 Å². The Kier molecular flexibility index (Phi) is 5.18. The highest BCUT2D eigenvalue weighted by Crippen LogP contribution is 2.37. The first-order valence-electron chi connectivity index (χ1n) is 9.35. The van der Waals surface area contributed by atoms with Crippen molar-refractivity contribution < 1.29 is 22.8 Å². The fraction of sp³-hybridized carbons (Fsp3) is 0.130. The van der Waals surface area contributed by atoms with Crippen molar-refractivity contribution in [2.24, 2.45) is 0 Å². The number of amides is 2. The van der Waals surface area contributed by atoms with Gasteiger partial charge in [0, 0.05) is 10.6 Å². The van der Waals surface area contributed by atoms with Crippen LogP contribution in [0.3, 0.4) is 0 Å². The highest BCUT2D eigenvalue weighted by atomic mass is 32.1. The number of rotatable bonds is 4. The van der Waals surface area contributed by atoms with Gasteiger partial charge in [-0.05, 0) is 60.7 Å². The highest BCUT2D eigenvalue weighted by molar-refractivity contribution is 7.11. The maximum absolute atomic E-state index is 13.3. The zero-order valence-corrected chi connectivity index (χ0v) is 17.4. The molecule has 0 saturated heterocycles. The molecule has 3 aromatic rings. The third kappa shape index (κ3) is 3.86. The summed E-state index contributed by atoms with van der Waals surface area (Å²) in [6, 6.07) is 13.4. The molecule has 1 aliphatic heterocycles. The minimum Gasteiger partial charge on any atom is -0.350 e. The summed E-state index contributed by atoms with van der Waals surface area (Å²) in [5, 5.41) is 4.55. The molecular formula is C23H17F3N2O2S. The first-order valence-corrected chi connectivity index (χ1v) is 10.2.